The number of aryl methyl sites for hydroxylation is 1. The van der Waals surface area contributed by atoms with E-state index in [1.807, 2.05) is 13.0 Å². The number of hydrogen-bond donors (Lipinski definition) is 1. The summed E-state index contributed by atoms with van der Waals surface area (Å²) in [5, 5.41) is 3.55. The lowest BCUT2D eigenvalue weighted by Gasteiger charge is -2.18. The van der Waals surface area contributed by atoms with Crippen molar-refractivity contribution >= 4 is 0 Å². The van der Waals surface area contributed by atoms with Crippen LogP contribution in [0.1, 0.15) is 57.6 Å². The van der Waals surface area contributed by atoms with Crippen molar-refractivity contribution in [1.29, 1.82) is 0 Å². The molecule has 0 bridgehead atoms. The van der Waals surface area contributed by atoms with E-state index in [-0.39, 0.29) is 0 Å². The monoisotopic (exact) mass is 209 g/mol. The Kier molecular flexibility index (Phi) is 4.89. The second kappa shape index (κ2) is 5.96. The van der Waals surface area contributed by atoms with Crippen molar-refractivity contribution in [3.63, 3.8) is 0 Å². The van der Waals surface area contributed by atoms with E-state index < -0.39 is 0 Å². The smallest absolute Gasteiger partial charge is 0.120 e. The zero-order chi connectivity index (χ0) is 11.3. The van der Waals surface area contributed by atoms with Gasteiger partial charge < -0.3 is 9.73 Å². The summed E-state index contributed by atoms with van der Waals surface area (Å²) in [5.41, 5.74) is 0. The number of rotatable bonds is 6. The van der Waals surface area contributed by atoms with Gasteiger partial charge in [-0.2, -0.15) is 0 Å². The van der Waals surface area contributed by atoms with Crippen molar-refractivity contribution in [1.82, 2.24) is 5.32 Å². The van der Waals surface area contributed by atoms with Crippen LogP contribution in [0.2, 0.25) is 0 Å². The molecule has 0 fully saturated rings. The van der Waals surface area contributed by atoms with E-state index in [4.69, 9.17) is 4.42 Å². The summed E-state index contributed by atoms with van der Waals surface area (Å²) in [7, 11) is 0. The molecule has 1 rings (SSSR count). The fraction of sp³-hybridized carbons (Fsp3) is 0.692. The van der Waals surface area contributed by atoms with Gasteiger partial charge in [0.1, 0.15) is 11.5 Å². The Morgan fingerprint density at radius 2 is 2.07 bits per heavy atom. The molecule has 0 amide bonds. The van der Waals surface area contributed by atoms with Gasteiger partial charge in [0.15, 0.2) is 0 Å². The molecule has 2 atom stereocenters. The van der Waals surface area contributed by atoms with E-state index in [9.17, 15) is 0 Å². The minimum absolute atomic E-state index is 0.311. The molecule has 0 saturated carbocycles. The van der Waals surface area contributed by atoms with Gasteiger partial charge >= 0.3 is 0 Å². The van der Waals surface area contributed by atoms with Gasteiger partial charge in [0.25, 0.3) is 0 Å². The SMILES string of the molecule is CCCCC(C)NC(C)c1ccc(C)o1. The highest BCUT2D eigenvalue weighted by atomic mass is 16.3. The van der Waals surface area contributed by atoms with Crippen LogP contribution in [0.3, 0.4) is 0 Å². The molecule has 0 saturated heterocycles. The summed E-state index contributed by atoms with van der Waals surface area (Å²) >= 11 is 0. The first-order chi connectivity index (χ1) is 7.13. The van der Waals surface area contributed by atoms with Crippen LogP contribution >= 0.6 is 0 Å². The first kappa shape index (κ1) is 12.3. The maximum atomic E-state index is 5.59. The minimum Gasteiger partial charge on any atom is -0.465 e. The van der Waals surface area contributed by atoms with E-state index in [2.05, 4.69) is 32.2 Å². The zero-order valence-corrected chi connectivity index (χ0v) is 10.3. The molecule has 2 nitrogen and oxygen atoms in total. The fourth-order valence-electron chi connectivity index (χ4n) is 1.79. The molecular formula is C13H23NO. The molecule has 2 heteroatoms. The summed E-state index contributed by atoms with van der Waals surface area (Å²) in [6.07, 6.45) is 3.79. The Morgan fingerprint density at radius 1 is 1.33 bits per heavy atom. The number of furan rings is 1. The summed E-state index contributed by atoms with van der Waals surface area (Å²) < 4.78 is 5.59. The first-order valence-electron chi connectivity index (χ1n) is 5.96. The maximum absolute atomic E-state index is 5.59. The Bertz CT molecular complexity index is 280. The quantitative estimate of drug-likeness (QED) is 0.770. The summed E-state index contributed by atoms with van der Waals surface area (Å²) in [6, 6.07) is 4.94. The molecular weight excluding hydrogens is 186 g/mol. The lowest BCUT2D eigenvalue weighted by molar-refractivity contribution is 0.376. The van der Waals surface area contributed by atoms with Gasteiger partial charge in [0.2, 0.25) is 0 Å². The fourth-order valence-corrected chi connectivity index (χ4v) is 1.79. The lowest BCUT2D eigenvalue weighted by Crippen LogP contribution is -2.28. The molecule has 0 spiro atoms. The Hall–Kier alpha value is -0.760. The predicted molar refractivity (Wildman–Crippen MR) is 64.0 cm³/mol. The van der Waals surface area contributed by atoms with Gasteiger partial charge in [0, 0.05) is 6.04 Å². The van der Waals surface area contributed by atoms with Crippen molar-refractivity contribution in [3.8, 4) is 0 Å². The van der Waals surface area contributed by atoms with Crippen molar-refractivity contribution in [2.45, 2.75) is 59.0 Å². The normalized spacial score (nSPS) is 15.2. The molecule has 0 aliphatic heterocycles. The van der Waals surface area contributed by atoms with Gasteiger partial charge in [-0.1, -0.05) is 19.8 Å². The van der Waals surface area contributed by atoms with E-state index in [1.165, 1.54) is 19.3 Å². The van der Waals surface area contributed by atoms with Gasteiger partial charge in [-0.25, -0.2) is 0 Å². The van der Waals surface area contributed by atoms with Crippen LogP contribution in [-0.4, -0.2) is 6.04 Å². The van der Waals surface area contributed by atoms with Crippen molar-refractivity contribution < 1.29 is 4.42 Å². The zero-order valence-electron chi connectivity index (χ0n) is 10.3. The second-order valence-electron chi connectivity index (χ2n) is 4.38. The summed E-state index contributed by atoms with van der Waals surface area (Å²) in [5.74, 6) is 2.02. The van der Waals surface area contributed by atoms with Gasteiger partial charge in [-0.3, -0.25) is 0 Å². The van der Waals surface area contributed by atoms with Crippen molar-refractivity contribution in [3.05, 3.63) is 23.7 Å². The second-order valence-corrected chi connectivity index (χ2v) is 4.38. The van der Waals surface area contributed by atoms with Crippen molar-refractivity contribution in [2.75, 3.05) is 0 Å². The van der Waals surface area contributed by atoms with E-state index in [1.54, 1.807) is 0 Å². The molecule has 1 aromatic heterocycles. The molecule has 1 heterocycles. The Balaban J connectivity index is 2.38. The maximum Gasteiger partial charge on any atom is 0.120 e. The molecule has 2 unspecified atom stereocenters. The summed E-state index contributed by atoms with van der Waals surface area (Å²) in [6.45, 7) is 8.60. The highest BCUT2D eigenvalue weighted by molar-refractivity contribution is 5.08. The molecule has 86 valence electrons. The lowest BCUT2D eigenvalue weighted by atomic mass is 10.1. The van der Waals surface area contributed by atoms with Gasteiger partial charge in [-0.05, 0) is 39.3 Å². The van der Waals surface area contributed by atoms with E-state index in [0.29, 0.717) is 12.1 Å². The van der Waals surface area contributed by atoms with Crippen molar-refractivity contribution in [2.24, 2.45) is 0 Å². The Morgan fingerprint density at radius 3 is 2.60 bits per heavy atom. The number of unbranched alkanes of at least 4 members (excludes halogenated alkanes) is 1. The molecule has 0 aliphatic rings. The average molecular weight is 209 g/mol. The third-order valence-electron chi connectivity index (χ3n) is 2.71. The van der Waals surface area contributed by atoms with Crippen LogP contribution < -0.4 is 5.32 Å². The minimum atomic E-state index is 0.311. The largest absolute Gasteiger partial charge is 0.465 e. The third kappa shape index (κ3) is 4.08. The van der Waals surface area contributed by atoms with Crippen LogP contribution in [0.25, 0.3) is 0 Å². The van der Waals surface area contributed by atoms with Crippen LogP contribution in [0.5, 0.6) is 0 Å². The van der Waals surface area contributed by atoms with Gasteiger partial charge in [-0.15, -0.1) is 0 Å². The highest BCUT2D eigenvalue weighted by Gasteiger charge is 2.11. The van der Waals surface area contributed by atoms with E-state index >= 15 is 0 Å². The van der Waals surface area contributed by atoms with E-state index in [0.717, 1.165) is 11.5 Å². The Labute approximate surface area is 93.1 Å². The van der Waals surface area contributed by atoms with Crippen LogP contribution in [-0.2, 0) is 0 Å². The highest BCUT2D eigenvalue weighted by Crippen LogP contribution is 2.16. The molecule has 0 radical (unpaired) electrons. The van der Waals surface area contributed by atoms with Crippen LogP contribution in [0, 0.1) is 6.92 Å². The molecule has 0 aliphatic carbocycles. The molecule has 0 aromatic carbocycles. The number of nitrogens with one attached hydrogen (secondary N) is 1. The predicted octanol–water partition coefficient (Wildman–Crippen LogP) is 3.82. The molecule has 1 aromatic rings. The summed E-state index contributed by atoms with van der Waals surface area (Å²) in [4.78, 5) is 0. The molecule has 15 heavy (non-hydrogen) atoms. The van der Waals surface area contributed by atoms with Gasteiger partial charge in [0.05, 0.1) is 6.04 Å². The first-order valence-corrected chi connectivity index (χ1v) is 5.96. The standard InChI is InChI=1S/C13H23NO/c1-5-6-7-10(2)14-12(4)13-9-8-11(3)15-13/h8-10,12,14H,5-7H2,1-4H3. The number of hydrogen-bond acceptors (Lipinski definition) is 2. The average Bonchev–Trinajstić information content (AvgIpc) is 2.61. The van der Waals surface area contributed by atoms with Crippen LogP contribution in [0.4, 0.5) is 0 Å². The van der Waals surface area contributed by atoms with Crippen LogP contribution in [0.15, 0.2) is 16.5 Å². The molecule has 1 N–H and O–H groups in total. The third-order valence-corrected chi connectivity index (χ3v) is 2.71. The topological polar surface area (TPSA) is 25.2 Å².